The van der Waals surface area contributed by atoms with Gasteiger partial charge in [0.15, 0.2) is 0 Å². The predicted molar refractivity (Wildman–Crippen MR) is 139 cm³/mol. The molecule has 0 saturated carbocycles. The summed E-state index contributed by atoms with van der Waals surface area (Å²) in [7, 11) is 1.66. The van der Waals surface area contributed by atoms with Gasteiger partial charge in [-0.25, -0.2) is 0 Å². The molecule has 1 aliphatic rings. The van der Waals surface area contributed by atoms with Crippen LogP contribution in [0.4, 0.5) is 0 Å². The van der Waals surface area contributed by atoms with Crippen LogP contribution >= 0.6 is 0 Å². The maximum Gasteiger partial charge on any atom is 0.254 e. The predicted octanol–water partition coefficient (Wildman–Crippen LogP) is 5.55. The van der Waals surface area contributed by atoms with Gasteiger partial charge < -0.3 is 14.4 Å². The van der Waals surface area contributed by atoms with Crippen molar-refractivity contribution >= 4 is 16.7 Å². The number of benzene rings is 3. The first-order chi connectivity index (χ1) is 17.1. The molecule has 1 atom stereocenters. The largest absolute Gasteiger partial charge is 0.497 e. The molecule has 0 aliphatic carbocycles. The van der Waals surface area contributed by atoms with E-state index in [2.05, 4.69) is 29.2 Å². The monoisotopic (exact) mass is 466 g/mol. The number of fused-ring (bicyclic) bond motifs is 1. The molecule has 0 spiro atoms. The number of aromatic nitrogens is 1. The van der Waals surface area contributed by atoms with Gasteiger partial charge in [-0.05, 0) is 71.3 Å². The van der Waals surface area contributed by atoms with E-state index in [9.17, 15) is 4.79 Å². The van der Waals surface area contributed by atoms with Gasteiger partial charge in [0.1, 0.15) is 5.75 Å². The topological polar surface area (TPSA) is 51.7 Å². The average molecular weight is 467 g/mol. The second-order valence-corrected chi connectivity index (χ2v) is 9.16. The molecule has 5 rings (SSSR count). The molecule has 1 amide bonds. The molecule has 2 heterocycles. The zero-order valence-electron chi connectivity index (χ0n) is 20.2. The highest BCUT2D eigenvalue weighted by molar-refractivity contribution is 5.97. The molecule has 1 saturated heterocycles. The second-order valence-electron chi connectivity index (χ2n) is 9.16. The molecule has 4 aromatic rings. The molecule has 35 heavy (non-hydrogen) atoms. The lowest BCUT2D eigenvalue weighted by Crippen LogP contribution is -2.36. The van der Waals surface area contributed by atoms with Crippen molar-refractivity contribution in [3.05, 3.63) is 95.8 Å². The molecular formula is C30H30N2O3. The summed E-state index contributed by atoms with van der Waals surface area (Å²) in [4.78, 5) is 19.9. The van der Waals surface area contributed by atoms with Crippen LogP contribution in [-0.2, 0) is 11.2 Å². The molecular weight excluding hydrogens is 436 g/mol. The van der Waals surface area contributed by atoms with Gasteiger partial charge in [-0.3, -0.25) is 9.78 Å². The van der Waals surface area contributed by atoms with E-state index in [0.29, 0.717) is 26.3 Å². The van der Waals surface area contributed by atoms with Gasteiger partial charge in [-0.1, -0.05) is 36.4 Å². The van der Waals surface area contributed by atoms with Gasteiger partial charge in [0.2, 0.25) is 0 Å². The van der Waals surface area contributed by atoms with Crippen molar-refractivity contribution in [2.75, 3.05) is 33.4 Å². The van der Waals surface area contributed by atoms with Crippen molar-refractivity contribution in [1.82, 2.24) is 9.88 Å². The lowest BCUT2D eigenvalue weighted by atomic mass is 9.95. The van der Waals surface area contributed by atoms with Crippen LogP contribution in [-0.4, -0.2) is 49.2 Å². The number of rotatable bonds is 5. The Hall–Kier alpha value is -3.70. The smallest absolute Gasteiger partial charge is 0.254 e. The van der Waals surface area contributed by atoms with E-state index in [1.165, 1.54) is 10.9 Å². The van der Waals surface area contributed by atoms with Crippen molar-refractivity contribution < 1.29 is 14.3 Å². The van der Waals surface area contributed by atoms with Gasteiger partial charge in [-0.15, -0.1) is 0 Å². The maximum atomic E-state index is 13.7. The van der Waals surface area contributed by atoms with E-state index < -0.39 is 0 Å². The third-order valence-corrected chi connectivity index (χ3v) is 6.82. The molecule has 0 N–H and O–H groups in total. The third-order valence-electron chi connectivity index (χ3n) is 6.82. The van der Waals surface area contributed by atoms with Crippen LogP contribution in [0.3, 0.4) is 0 Å². The molecule has 178 valence electrons. The number of hydrogen-bond donors (Lipinski definition) is 0. The highest BCUT2D eigenvalue weighted by Crippen LogP contribution is 2.29. The Morgan fingerprint density at radius 2 is 1.94 bits per heavy atom. The lowest BCUT2D eigenvalue weighted by molar-refractivity contribution is 0.0736. The van der Waals surface area contributed by atoms with E-state index >= 15 is 0 Å². The Bertz CT molecular complexity index is 1330. The summed E-state index contributed by atoms with van der Waals surface area (Å²) in [6, 6.07) is 22.5. The molecule has 5 nitrogen and oxygen atoms in total. The second kappa shape index (κ2) is 10.3. The standard InChI is InChI=1S/C30H30N2O3/c1-21-28(25-8-10-27(34-2)11-9-25)4-3-5-29(21)30(33)32-14-15-35-20-23(19-32)16-22-6-7-24-12-13-31-18-26(24)17-22/h3-13,17-18,23H,14-16,19-20H2,1-2H3/t23-/m0/s1. The normalized spacial score (nSPS) is 16.2. The molecule has 0 unspecified atom stereocenters. The number of methoxy groups -OCH3 is 1. The van der Waals surface area contributed by atoms with Gasteiger partial charge in [0, 0.05) is 42.4 Å². The lowest BCUT2D eigenvalue weighted by Gasteiger charge is -2.25. The maximum absolute atomic E-state index is 13.7. The zero-order chi connectivity index (χ0) is 24.2. The summed E-state index contributed by atoms with van der Waals surface area (Å²) in [5, 5.41) is 2.32. The molecule has 1 aromatic heterocycles. The van der Waals surface area contributed by atoms with E-state index in [4.69, 9.17) is 9.47 Å². The highest BCUT2D eigenvalue weighted by Gasteiger charge is 2.25. The number of ether oxygens (including phenoxy) is 2. The van der Waals surface area contributed by atoms with Crippen LogP contribution in [0.1, 0.15) is 21.5 Å². The first kappa shape index (κ1) is 23.1. The van der Waals surface area contributed by atoms with Gasteiger partial charge in [-0.2, -0.15) is 0 Å². The quantitative estimate of drug-likeness (QED) is 0.387. The Kier molecular flexibility index (Phi) is 6.77. The minimum Gasteiger partial charge on any atom is -0.497 e. The number of hydrogen-bond acceptors (Lipinski definition) is 4. The summed E-state index contributed by atoms with van der Waals surface area (Å²) in [6.45, 7) is 4.52. The van der Waals surface area contributed by atoms with Crippen LogP contribution in [0, 0.1) is 12.8 Å². The van der Waals surface area contributed by atoms with Crippen LogP contribution in [0.25, 0.3) is 21.9 Å². The fourth-order valence-corrected chi connectivity index (χ4v) is 4.90. The minimum atomic E-state index is 0.0658. The first-order valence-corrected chi connectivity index (χ1v) is 12.1. The van der Waals surface area contributed by atoms with E-state index in [0.717, 1.165) is 39.8 Å². The van der Waals surface area contributed by atoms with Crippen LogP contribution in [0.5, 0.6) is 5.75 Å². The Morgan fingerprint density at radius 1 is 1.09 bits per heavy atom. The molecule has 5 heteroatoms. The SMILES string of the molecule is COc1ccc(-c2cccc(C(=O)N3CCOC[C@@H](Cc4ccc5ccncc5c4)C3)c2C)cc1. The number of amides is 1. The van der Waals surface area contributed by atoms with Gasteiger partial charge in [0.25, 0.3) is 5.91 Å². The highest BCUT2D eigenvalue weighted by atomic mass is 16.5. The molecule has 1 fully saturated rings. The Labute approximate surface area is 206 Å². The Morgan fingerprint density at radius 3 is 2.77 bits per heavy atom. The number of carbonyl (C=O) groups is 1. The van der Waals surface area contributed by atoms with Crippen LogP contribution in [0.2, 0.25) is 0 Å². The summed E-state index contributed by atoms with van der Waals surface area (Å²) in [6.07, 6.45) is 4.58. The number of pyridine rings is 1. The zero-order valence-corrected chi connectivity index (χ0v) is 20.2. The van der Waals surface area contributed by atoms with Crippen LogP contribution in [0.15, 0.2) is 79.1 Å². The van der Waals surface area contributed by atoms with Crippen molar-refractivity contribution in [3.63, 3.8) is 0 Å². The van der Waals surface area contributed by atoms with Crippen molar-refractivity contribution in [3.8, 4) is 16.9 Å². The van der Waals surface area contributed by atoms with E-state index in [1.807, 2.05) is 66.7 Å². The van der Waals surface area contributed by atoms with E-state index in [-0.39, 0.29) is 11.8 Å². The van der Waals surface area contributed by atoms with Gasteiger partial charge >= 0.3 is 0 Å². The first-order valence-electron chi connectivity index (χ1n) is 12.1. The third kappa shape index (κ3) is 5.05. The molecule has 1 aliphatic heterocycles. The fourth-order valence-electron chi connectivity index (χ4n) is 4.90. The summed E-state index contributed by atoms with van der Waals surface area (Å²) >= 11 is 0. The van der Waals surface area contributed by atoms with E-state index in [1.54, 1.807) is 7.11 Å². The average Bonchev–Trinajstić information content (AvgIpc) is 3.14. The Balaban J connectivity index is 1.35. The molecule has 0 radical (unpaired) electrons. The molecule has 0 bridgehead atoms. The van der Waals surface area contributed by atoms with Crippen LogP contribution < -0.4 is 4.74 Å². The van der Waals surface area contributed by atoms with Crippen molar-refractivity contribution in [1.29, 1.82) is 0 Å². The van der Waals surface area contributed by atoms with Crippen molar-refractivity contribution in [2.45, 2.75) is 13.3 Å². The molecule has 3 aromatic carbocycles. The fraction of sp³-hybridized carbons (Fsp3) is 0.267. The number of carbonyl (C=O) groups excluding carboxylic acids is 1. The van der Waals surface area contributed by atoms with Crippen molar-refractivity contribution in [2.24, 2.45) is 5.92 Å². The summed E-state index contributed by atoms with van der Waals surface area (Å²) in [5.74, 6) is 1.12. The summed E-state index contributed by atoms with van der Waals surface area (Å²) in [5.41, 5.74) is 5.11. The minimum absolute atomic E-state index is 0.0658. The summed E-state index contributed by atoms with van der Waals surface area (Å²) < 4.78 is 11.2. The number of nitrogens with zero attached hydrogens (tertiary/aromatic N) is 2. The van der Waals surface area contributed by atoms with Gasteiger partial charge in [0.05, 0.1) is 20.3 Å².